The maximum absolute atomic E-state index is 6.63. The molecule has 3 heterocycles. The average Bonchev–Trinajstić information content (AvgIpc) is 2.52. The van der Waals surface area contributed by atoms with Crippen LogP contribution in [0.3, 0.4) is 0 Å². The topological polar surface area (TPSA) is 12.5 Å². The molecule has 126 valence electrons. The average molecular weight is 306 g/mol. The molecule has 2 aliphatic carbocycles. The fraction of sp³-hybridized carbons (Fsp3) is 1.00. The highest BCUT2D eigenvalue weighted by Gasteiger charge is 2.59. The van der Waals surface area contributed by atoms with Crippen LogP contribution < -0.4 is 0 Å². The fourth-order valence-electron chi connectivity index (χ4n) is 6.21. The second kappa shape index (κ2) is 6.43. The summed E-state index contributed by atoms with van der Waals surface area (Å²) >= 11 is 0. The van der Waals surface area contributed by atoms with Crippen molar-refractivity contribution in [3.05, 3.63) is 0 Å². The Labute approximate surface area is 137 Å². The minimum absolute atomic E-state index is 0.573. The molecule has 0 aromatic heterocycles. The van der Waals surface area contributed by atoms with E-state index in [1.54, 1.807) is 0 Å². The summed E-state index contributed by atoms with van der Waals surface area (Å²) in [5.41, 5.74) is 0. The zero-order chi connectivity index (χ0) is 15.1. The Hall–Kier alpha value is -0.0800. The summed E-state index contributed by atoms with van der Waals surface area (Å²) in [7, 11) is 0. The molecule has 2 nitrogen and oxygen atoms in total. The zero-order valence-corrected chi connectivity index (χ0v) is 14.7. The molecule has 5 fully saturated rings. The lowest BCUT2D eigenvalue weighted by atomic mass is 9.64. The van der Waals surface area contributed by atoms with Gasteiger partial charge in [0, 0.05) is 18.1 Å². The maximum Gasteiger partial charge on any atom is 0.0737 e. The van der Waals surface area contributed by atoms with Gasteiger partial charge in [0.1, 0.15) is 0 Å². The van der Waals surface area contributed by atoms with Crippen LogP contribution in [0.15, 0.2) is 0 Å². The van der Waals surface area contributed by atoms with Gasteiger partial charge in [-0.2, -0.15) is 0 Å². The van der Waals surface area contributed by atoms with Crippen LogP contribution in [0.1, 0.15) is 84.5 Å². The Balaban J connectivity index is 1.53. The van der Waals surface area contributed by atoms with Crippen LogP contribution in [0, 0.1) is 11.8 Å². The van der Waals surface area contributed by atoms with Crippen molar-refractivity contribution in [3.63, 3.8) is 0 Å². The first-order chi connectivity index (χ1) is 10.8. The SMILES string of the molecule is CCCCC1CCC2OC3CCC4CC3N4C2C1CCCC. The largest absolute Gasteiger partial charge is 0.372 e. The molecule has 0 aromatic carbocycles. The van der Waals surface area contributed by atoms with Crippen LogP contribution >= 0.6 is 0 Å². The lowest BCUT2D eigenvalue weighted by molar-refractivity contribution is -0.262. The third-order valence-corrected chi connectivity index (χ3v) is 7.29. The maximum atomic E-state index is 6.63. The van der Waals surface area contributed by atoms with Crippen LogP contribution in [0.4, 0.5) is 0 Å². The van der Waals surface area contributed by atoms with Crippen molar-refractivity contribution >= 4 is 0 Å². The predicted molar refractivity (Wildman–Crippen MR) is 91.0 cm³/mol. The van der Waals surface area contributed by atoms with E-state index in [2.05, 4.69) is 18.7 Å². The molecule has 2 heteroatoms. The van der Waals surface area contributed by atoms with Gasteiger partial charge >= 0.3 is 0 Å². The summed E-state index contributed by atoms with van der Waals surface area (Å²) in [4.78, 5) is 2.97. The Morgan fingerprint density at radius 3 is 2.45 bits per heavy atom. The summed E-state index contributed by atoms with van der Waals surface area (Å²) in [6, 6.07) is 2.50. The number of piperidine rings is 1. The molecular formula is C20H35NO. The van der Waals surface area contributed by atoms with Crippen molar-refractivity contribution in [1.82, 2.24) is 4.90 Å². The summed E-state index contributed by atoms with van der Waals surface area (Å²) in [6.45, 7) is 4.70. The van der Waals surface area contributed by atoms with Gasteiger partial charge < -0.3 is 4.74 Å². The number of morpholine rings is 1. The van der Waals surface area contributed by atoms with Crippen molar-refractivity contribution in [2.75, 3.05) is 0 Å². The molecule has 8 atom stereocenters. The number of hydrogen-bond donors (Lipinski definition) is 0. The Morgan fingerprint density at radius 2 is 1.68 bits per heavy atom. The zero-order valence-electron chi connectivity index (χ0n) is 14.7. The van der Waals surface area contributed by atoms with Crippen LogP contribution in [-0.2, 0) is 4.74 Å². The first-order valence-corrected chi connectivity index (χ1v) is 10.3. The quantitative estimate of drug-likeness (QED) is 0.701. The molecule has 4 bridgehead atoms. The number of hydrogen-bond acceptors (Lipinski definition) is 2. The molecule has 5 rings (SSSR count). The van der Waals surface area contributed by atoms with Gasteiger partial charge in [-0.1, -0.05) is 46.0 Å². The number of ether oxygens (including phenoxy) is 1. The van der Waals surface area contributed by atoms with E-state index in [1.165, 1.54) is 70.6 Å². The van der Waals surface area contributed by atoms with Crippen molar-refractivity contribution in [2.24, 2.45) is 11.8 Å². The number of unbranched alkanes of at least 4 members (excludes halogenated alkanes) is 2. The Bertz CT molecular complexity index is 382. The fourth-order valence-corrected chi connectivity index (χ4v) is 6.21. The Kier molecular flexibility index (Phi) is 4.52. The second-order valence-electron chi connectivity index (χ2n) is 8.47. The first kappa shape index (κ1) is 15.4. The van der Waals surface area contributed by atoms with Gasteiger partial charge in [0.15, 0.2) is 0 Å². The summed E-state index contributed by atoms with van der Waals surface area (Å²) < 4.78 is 6.63. The summed E-state index contributed by atoms with van der Waals surface area (Å²) in [6.07, 6.45) is 16.6. The van der Waals surface area contributed by atoms with Gasteiger partial charge in [-0.05, 0) is 50.4 Å². The van der Waals surface area contributed by atoms with E-state index in [0.29, 0.717) is 12.2 Å². The molecule has 3 aliphatic heterocycles. The highest BCUT2D eigenvalue weighted by atomic mass is 16.5. The van der Waals surface area contributed by atoms with E-state index in [1.807, 2.05) is 0 Å². The number of nitrogens with zero attached hydrogens (tertiary/aromatic N) is 1. The van der Waals surface area contributed by atoms with E-state index >= 15 is 0 Å². The van der Waals surface area contributed by atoms with Crippen LogP contribution in [-0.4, -0.2) is 35.2 Å². The van der Waals surface area contributed by atoms with E-state index < -0.39 is 0 Å². The van der Waals surface area contributed by atoms with E-state index in [9.17, 15) is 0 Å². The van der Waals surface area contributed by atoms with Gasteiger partial charge in [-0.25, -0.2) is 0 Å². The van der Waals surface area contributed by atoms with Crippen molar-refractivity contribution in [2.45, 2.75) is 115 Å². The van der Waals surface area contributed by atoms with Gasteiger partial charge in [0.25, 0.3) is 0 Å². The molecule has 0 radical (unpaired) electrons. The van der Waals surface area contributed by atoms with Crippen LogP contribution in [0.5, 0.6) is 0 Å². The molecule has 2 saturated carbocycles. The first-order valence-electron chi connectivity index (χ1n) is 10.3. The normalized spacial score (nSPS) is 49.4. The highest BCUT2D eigenvalue weighted by molar-refractivity contribution is 5.12. The van der Waals surface area contributed by atoms with E-state index in [-0.39, 0.29) is 0 Å². The number of fused-ring (bicyclic) bond motifs is 2. The third-order valence-electron chi connectivity index (χ3n) is 7.29. The summed E-state index contributed by atoms with van der Waals surface area (Å²) in [5, 5.41) is 0. The van der Waals surface area contributed by atoms with Gasteiger partial charge in [-0.3, -0.25) is 4.90 Å². The Morgan fingerprint density at radius 1 is 0.909 bits per heavy atom. The van der Waals surface area contributed by atoms with Crippen LogP contribution in [0.2, 0.25) is 0 Å². The molecule has 22 heavy (non-hydrogen) atoms. The molecular weight excluding hydrogens is 270 g/mol. The third kappa shape index (κ3) is 2.45. The molecule has 3 saturated heterocycles. The minimum Gasteiger partial charge on any atom is -0.372 e. The predicted octanol–water partition coefficient (Wildman–Crippen LogP) is 4.77. The van der Waals surface area contributed by atoms with Crippen molar-refractivity contribution < 1.29 is 4.74 Å². The van der Waals surface area contributed by atoms with Crippen molar-refractivity contribution in [1.29, 1.82) is 0 Å². The van der Waals surface area contributed by atoms with Crippen molar-refractivity contribution in [3.8, 4) is 0 Å². The lowest BCUT2D eigenvalue weighted by Gasteiger charge is -2.67. The highest BCUT2D eigenvalue weighted by Crippen LogP contribution is 2.52. The lowest BCUT2D eigenvalue weighted by Crippen LogP contribution is -2.76. The summed E-state index contributed by atoms with van der Waals surface area (Å²) in [5.74, 6) is 1.91. The van der Waals surface area contributed by atoms with Gasteiger partial charge in [-0.15, -0.1) is 0 Å². The van der Waals surface area contributed by atoms with Gasteiger partial charge in [0.2, 0.25) is 0 Å². The smallest absolute Gasteiger partial charge is 0.0737 e. The molecule has 5 aliphatic rings. The standard InChI is InChI=1S/C20H35NO/c1-3-5-7-14-9-11-19-20(16(14)8-6-4-2)21-15-10-12-18(22-19)17(21)13-15/h14-20H,3-13H2,1-2H3. The molecule has 0 spiro atoms. The monoisotopic (exact) mass is 305 g/mol. The van der Waals surface area contributed by atoms with Crippen LogP contribution in [0.25, 0.3) is 0 Å². The molecule has 0 amide bonds. The molecule has 8 unspecified atom stereocenters. The minimum atomic E-state index is 0.573. The van der Waals surface area contributed by atoms with E-state index in [4.69, 9.17) is 4.74 Å². The second-order valence-corrected chi connectivity index (χ2v) is 8.47. The molecule has 0 N–H and O–H groups in total. The number of rotatable bonds is 6. The van der Waals surface area contributed by atoms with E-state index in [0.717, 1.165) is 30.0 Å². The molecule has 0 aromatic rings. The van der Waals surface area contributed by atoms with Gasteiger partial charge in [0.05, 0.1) is 12.2 Å².